The van der Waals surface area contributed by atoms with Crippen molar-refractivity contribution in [3.63, 3.8) is 0 Å². The Bertz CT molecular complexity index is 1240. The van der Waals surface area contributed by atoms with E-state index >= 15 is 0 Å². The lowest BCUT2D eigenvalue weighted by Gasteiger charge is -2.17. The fourth-order valence-electron chi connectivity index (χ4n) is 3.86. The van der Waals surface area contributed by atoms with Crippen LogP contribution in [-0.4, -0.2) is 36.9 Å². The Labute approximate surface area is 178 Å². The monoisotopic (exact) mass is 427 g/mol. The number of aryl methyl sites for hydroxylation is 2. The molecule has 2 aromatic heterocycles. The molecule has 0 saturated carbocycles. The van der Waals surface area contributed by atoms with Gasteiger partial charge >= 0.3 is 5.69 Å². The maximum atomic E-state index is 12.9. The number of unbranched alkanes of at least 4 members (excludes halogenated alkanes) is 1. The molecule has 0 N–H and O–H groups in total. The van der Waals surface area contributed by atoms with Gasteiger partial charge in [0.25, 0.3) is 5.56 Å². The molecule has 0 bridgehead atoms. The zero-order valence-electron chi connectivity index (χ0n) is 17.4. The van der Waals surface area contributed by atoms with E-state index in [1.165, 1.54) is 28.9 Å². The van der Waals surface area contributed by atoms with E-state index in [1.54, 1.807) is 7.05 Å². The fourth-order valence-corrected chi connectivity index (χ4v) is 4.76. The van der Waals surface area contributed by atoms with Gasteiger partial charge in [-0.25, -0.2) is 9.78 Å². The first-order valence-corrected chi connectivity index (χ1v) is 11.1. The highest BCUT2D eigenvalue weighted by molar-refractivity contribution is 7.99. The summed E-state index contributed by atoms with van der Waals surface area (Å²) in [6, 6.07) is 7.96. The molecular formula is C21H25N5O3S. The van der Waals surface area contributed by atoms with Crippen molar-refractivity contribution in [1.29, 1.82) is 0 Å². The quantitative estimate of drug-likeness (QED) is 0.562. The summed E-state index contributed by atoms with van der Waals surface area (Å²) in [5, 5.41) is 0.595. The summed E-state index contributed by atoms with van der Waals surface area (Å²) in [6.45, 7) is 3.37. The zero-order chi connectivity index (χ0) is 21.4. The first kappa shape index (κ1) is 20.5. The molecule has 158 valence electrons. The topological polar surface area (TPSA) is 82.1 Å². The smallest absolute Gasteiger partial charge is 0.313 e. The molecule has 3 heterocycles. The standard InChI is InChI=1S/C21H25N5O3S/c1-4-5-11-26-17-18(23(2)21(29)24(3)19(17)28)22-20(26)30-13-16(27)25-12-10-14-8-6-7-9-15(14)25/h6-9H,4-5,10-13H2,1-3H3. The van der Waals surface area contributed by atoms with Gasteiger partial charge in [-0.1, -0.05) is 43.3 Å². The number of benzene rings is 1. The minimum absolute atomic E-state index is 0.0147. The fraction of sp³-hybridized carbons (Fsp3) is 0.429. The average molecular weight is 428 g/mol. The van der Waals surface area contributed by atoms with Gasteiger partial charge in [-0.2, -0.15) is 0 Å². The van der Waals surface area contributed by atoms with Crippen LogP contribution in [0.4, 0.5) is 5.69 Å². The van der Waals surface area contributed by atoms with E-state index in [0.717, 1.165) is 29.5 Å². The van der Waals surface area contributed by atoms with Gasteiger partial charge in [0.2, 0.25) is 5.91 Å². The Hall–Kier alpha value is -2.81. The Morgan fingerprint density at radius 2 is 1.93 bits per heavy atom. The van der Waals surface area contributed by atoms with Crippen LogP contribution >= 0.6 is 11.8 Å². The van der Waals surface area contributed by atoms with Crippen molar-refractivity contribution < 1.29 is 4.79 Å². The van der Waals surface area contributed by atoms with Crippen LogP contribution in [0.15, 0.2) is 39.0 Å². The summed E-state index contributed by atoms with van der Waals surface area (Å²) in [6.07, 6.45) is 2.69. The highest BCUT2D eigenvalue weighted by Crippen LogP contribution is 2.29. The van der Waals surface area contributed by atoms with Crippen molar-refractivity contribution in [3.8, 4) is 0 Å². The Balaban J connectivity index is 1.66. The second kappa shape index (κ2) is 8.14. The van der Waals surface area contributed by atoms with E-state index in [-0.39, 0.29) is 17.2 Å². The van der Waals surface area contributed by atoms with Crippen LogP contribution in [0, 0.1) is 0 Å². The molecule has 0 spiro atoms. The van der Waals surface area contributed by atoms with Gasteiger partial charge < -0.3 is 9.47 Å². The lowest BCUT2D eigenvalue weighted by Crippen LogP contribution is -2.37. The van der Waals surface area contributed by atoms with Gasteiger partial charge in [0.05, 0.1) is 5.75 Å². The van der Waals surface area contributed by atoms with Crippen LogP contribution in [0.5, 0.6) is 0 Å². The summed E-state index contributed by atoms with van der Waals surface area (Å²) < 4.78 is 4.35. The van der Waals surface area contributed by atoms with E-state index in [4.69, 9.17) is 0 Å². The van der Waals surface area contributed by atoms with Gasteiger partial charge in [-0.3, -0.25) is 18.7 Å². The van der Waals surface area contributed by atoms with Crippen molar-refractivity contribution in [2.24, 2.45) is 14.1 Å². The number of thioether (sulfide) groups is 1. The third kappa shape index (κ3) is 3.36. The van der Waals surface area contributed by atoms with Crippen LogP contribution in [0.25, 0.3) is 11.2 Å². The molecule has 4 rings (SSSR count). The number of fused-ring (bicyclic) bond motifs is 2. The van der Waals surface area contributed by atoms with Crippen LogP contribution in [-0.2, 0) is 31.9 Å². The first-order chi connectivity index (χ1) is 14.4. The van der Waals surface area contributed by atoms with Crippen molar-refractivity contribution in [2.75, 3.05) is 17.2 Å². The number of aromatic nitrogens is 4. The first-order valence-electron chi connectivity index (χ1n) is 10.1. The van der Waals surface area contributed by atoms with Crippen LogP contribution in [0.3, 0.4) is 0 Å². The molecule has 30 heavy (non-hydrogen) atoms. The number of hydrogen-bond donors (Lipinski definition) is 0. The van der Waals surface area contributed by atoms with Gasteiger partial charge in [-0.15, -0.1) is 0 Å². The molecule has 3 aromatic rings. The van der Waals surface area contributed by atoms with E-state index in [1.807, 2.05) is 27.7 Å². The number of imidazole rings is 1. The number of nitrogens with zero attached hydrogens (tertiary/aromatic N) is 5. The SMILES string of the molecule is CCCCn1c(SCC(=O)N2CCc3ccccc32)nc2c1c(=O)n(C)c(=O)n2C. The maximum Gasteiger partial charge on any atom is 0.332 e. The van der Waals surface area contributed by atoms with Crippen molar-refractivity contribution >= 4 is 34.5 Å². The molecule has 0 fully saturated rings. The lowest BCUT2D eigenvalue weighted by molar-refractivity contribution is -0.116. The molecule has 9 heteroatoms. The summed E-state index contributed by atoms with van der Waals surface area (Å²) >= 11 is 1.32. The molecule has 8 nitrogen and oxygen atoms in total. The molecule has 0 unspecified atom stereocenters. The molecule has 0 aliphatic carbocycles. The van der Waals surface area contributed by atoms with Crippen molar-refractivity contribution in [1.82, 2.24) is 18.7 Å². The van der Waals surface area contributed by atoms with E-state index in [2.05, 4.69) is 18.0 Å². The zero-order valence-corrected chi connectivity index (χ0v) is 18.2. The van der Waals surface area contributed by atoms with Gasteiger partial charge in [0.15, 0.2) is 16.3 Å². The third-order valence-corrected chi connectivity index (χ3v) is 6.52. The third-order valence-electron chi connectivity index (χ3n) is 5.56. The van der Waals surface area contributed by atoms with Gasteiger partial charge in [0.1, 0.15) is 0 Å². The Morgan fingerprint density at radius 3 is 2.70 bits per heavy atom. The minimum Gasteiger partial charge on any atom is -0.313 e. The number of anilines is 1. The number of hydrogen-bond acceptors (Lipinski definition) is 5. The van der Waals surface area contributed by atoms with Crippen LogP contribution in [0.1, 0.15) is 25.3 Å². The number of rotatable bonds is 6. The second-order valence-corrected chi connectivity index (χ2v) is 8.43. The van der Waals surface area contributed by atoms with E-state index in [0.29, 0.717) is 29.4 Å². The summed E-state index contributed by atoms with van der Waals surface area (Å²) in [5.74, 6) is 0.235. The average Bonchev–Trinajstić information content (AvgIpc) is 3.35. The van der Waals surface area contributed by atoms with Crippen molar-refractivity contribution in [3.05, 3.63) is 50.7 Å². The summed E-state index contributed by atoms with van der Waals surface area (Å²) in [5.41, 5.74) is 2.16. The molecule has 0 saturated heterocycles. The van der Waals surface area contributed by atoms with Crippen LogP contribution in [0.2, 0.25) is 0 Å². The van der Waals surface area contributed by atoms with Crippen LogP contribution < -0.4 is 16.1 Å². The van der Waals surface area contributed by atoms with Crippen molar-refractivity contribution in [2.45, 2.75) is 37.9 Å². The minimum atomic E-state index is -0.408. The second-order valence-electron chi connectivity index (χ2n) is 7.49. The predicted molar refractivity (Wildman–Crippen MR) is 118 cm³/mol. The molecule has 1 aliphatic rings. The lowest BCUT2D eigenvalue weighted by atomic mass is 10.2. The summed E-state index contributed by atoms with van der Waals surface area (Å²) in [7, 11) is 3.09. The molecule has 1 aromatic carbocycles. The molecule has 1 aliphatic heterocycles. The highest BCUT2D eigenvalue weighted by Gasteiger charge is 2.25. The number of amides is 1. The highest BCUT2D eigenvalue weighted by atomic mass is 32.2. The maximum absolute atomic E-state index is 12.9. The number of carbonyl (C=O) groups is 1. The Kier molecular flexibility index (Phi) is 5.55. The molecule has 1 amide bonds. The molecule has 0 radical (unpaired) electrons. The number of carbonyl (C=O) groups excluding carboxylic acids is 1. The summed E-state index contributed by atoms with van der Waals surface area (Å²) in [4.78, 5) is 44.4. The van der Waals surface area contributed by atoms with Gasteiger partial charge in [0, 0.05) is 32.9 Å². The predicted octanol–water partition coefficient (Wildman–Crippen LogP) is 1.92. The van der Waals surface area contributed by atoms with E-state index < -0.39 is 5.69 Å². The van der Waals surface area contributed by atoms with Gasteiger partial charge in [-0.05, 0) is 24.5 Å². The molecular weight excluding hydrogens is 402 g/mol. The van der Waals surface area contributed by atoms with E-state index in [9.17, 15) is 14.4 Å². The normalized spacial score (nSPS) is 13.2. The Morgan fingerprint density at radius 1 is 1.17 bits per heavy atom. The number of para-hydroxylation sites is 1. The largest absolute Gasteiger partial charge is 0.332 e. The molecule has 0 atom stereocenters.